The van der Waals surface area contributed by atoms with Crippen molar-refractivity contribution in [3.63, 3.8) is 0 Å². The lowest BCUT2D eigenvalue weighted by Crippen LogP contribution is -2.64. The van der Waals surface area contributed by atoms with E-state index in [2.05, 4.69) is 4.90 Å². The first-order chi connectivity index (χ1) is 11.1. The lowest BCUT2D eigenvalue weighted by molar-refractivity contribution is -0.124. The van der Waals surface area contributed by atoms with Gasteiger partial charge in [0, 0.05) is 17.8 Å². The predicted molar refractivity (Wildman–Crippen MR) is 89.1 cm³/mol. The molecule has 2 heterocycles. The van der Waals surface area contributed by atoms with E-state index in [1.54, 1.807) is 4.90 Å². The Labute approximate surface area is 137 Å². The maximum atomic E-state index is 12.8. The van der Waals surface area contributed by atoms with Gasteiger partial charge in [0.25, 0.3) is 0 Å². The molecule has 0 unspecified atom stereocenters. The van der Waals surface area contributed by atoms with Gasteiger partial charge in [0.2, 0.25) is 5.91 Å². The van der Waals surface area contributed by atoms with Crippen LogP contribution in [0.25, 0.3) is 0 Å². The summed E-state index contributed by atoms with van der Waals surface area (Å²) >= 11 is 0. The van der Waals surface area contributed by atoms with E-state index in [0.29, 0.717) is 12.6 Å². The summed E-state index contributed by atoms with van der Waals surface area (Å²) in [5, 5.41) is 0. The van der Waals surface area contributed by atoms with Crippen LogP contribution in [-0.2, 0) is 14.6 Å². The molecule has 1 aromatic rings. The molecule has 1 amide bonds. The van der Waals surface area contributed by atoms with E-state index < -0.39 is 9.84 Å². The van der Waals surface area contributed by atoms with E-state index in [0.717, 1.165) is 18.5 Å². The third kappa shape index (κ3) is 2.68. The SMILES string of the molecule is O=C1CN(C2CCCC2)[C@H]2CS(=O)(=O)C[C@H]2N1c1ccccc1. The van der Waals surface area contributed by atoms with Crippen molar-refractivity contribution in [2.24, 2.45) is 0 Å². The molecule has 23 heavy (non-hydrogen) atoms. The van der Waals surface area contributed by atoms with Gasteiger partial charge in [-0.2, -0.15) is 0 Å². The summed E-state index contributed by atoms with van der Waals surface area (Å²) in [6.45, 7) is 0.343. The normalized spacial score (nSPS) is 31.5. The van der Waals surface area contributed by atoms with Crippen LogP contribution in [0.4, 0.5) is 5.69 Å². The molecule has 0 N–H and O–H groups in total. The number of hydrogen-bond acceptors (Lipinski definition) is 4. The molecule has 2 atom stereocenters. The number of rotatable bonds is 2. The molecule has 1 aromatic carbocycles. The average Bonchev–Trinajstić information content (AvgIpc) is 3.14. The maximum absolute atomic E-state index is 12.8. The third-order valence-electron chi connectivity index (χ3n) is 5.47. The van der Waals surface area contributed by atoms with Crippen molar-refractivity contribution >= 4 is 21.4 Å². The Morgan fingerprint density at radius 3 is 2.30 bits per heavy atom. The Hall–Kier alpha value is -1.40. The van der Waals surface area contributed by atoms with E-state index in [4.69, 9.17) is 0 Å². The fraction of sp³-hybridized carbons (Fsp3) is 0.588. The highest BCUT2D eigenvalue weighted by atomic mass is 32.2. The minimum atomic E-state index is -3.09. The van der Waals surface area contributed by atoms with E-state index in [1.165, 1.54) is 12.8 Å². The van der Waals surface area contributed by atoms with Gasteiger partial charge >= 0.3 is 0 Å². The van der Waals surface area contributed by atoms with Gasteiger partial charge in [-0.25, -0.2) is 8.42 Å². The Kier molecular flexibility index (Phi) is 3.69. The van der Waals surface area contributed by atoms with Crippen LogP contribution in [0.15, 0.2) is 30.3 Å². The average molecular weight is 334 g/mol. The summed E-state index contributed by atoms with van der Waals surface area (Å²) in [6.07, 6.45) is 4.54. The summed E-state index contributed by atoms with van der Waals surface area (Å²) in [6, 6.07) is 9.56. The molecule has 3 fully saturated rings. The molecule has 0 radical (unpaired) electrons. The smallest absolute Gasteiger partial charge is 0.241 e. The Morgan fingerprint density at radius 1 is 0.957 bits per heavy atom. The molecule has 2 saturated heterocycles. The molecule has 6 heteroatoms. The molecule has 0 spiro atoms. The van der Waals surface area contributed by atoms with Crippen LogP contribution in [0, 0.1) is 0 Å². The van der Waals surface area contributed by atoms with Gasteiger partial charge in [0.1, 0.15) is 0 Å². The van der Waals surface area contributed by atoms with Gasteiger partial charge < -0.3 is 4.90 Å². The molecular formula is C17H22N2O3S. The van der Waals surface area contributed by atoms with Gasteiger partial charge in [-0.3, -0.25) is 9.69 Å². The fourth-order valence-corrected chi connectivity index (χ4v) is 6.43. The van der Waals surface area contributed by atoms with Gasteiger partial charge in [0.05, 0.1) is 24.1 Å². The second kappa shape index (κ2) is 5.60. The number of sulfone groups is 1. The maximum Gasteiger partial charge on any atom is 0.241 e. The molecule has 2 aliphatic heterocycles. The highest BCUT2D eigenvalue weighted by Gasteiger charge is 2.51. The first kappa shape index (κ1) is 15.1. The van der Waals surface area contributed by atoms with Crippen LogP contribution < -0.4 is 4.90 Å². The Bertz CT molecular complexity index is 698. The fourth-order valence-electron chi connectivity index (χ4n) is 4.47. The van der Waals surface area contributed by atoms with Crippen LogP contribution in [0.5, 0.6) is 0 Å². The van der Waals surface area contributed by atoms with E-state index in [1.807, 2.05) is 30.3 Å². The molecule has 3 aliphatic rings. The van der Waals surface area contributed by atoms with E-state index in [-0.39, 0.29) is 29.5 Å². The van der Waals surface area contributed by atoms with Crippen molar-refractivity contribution in [2.75, 3.05) is 23.0 Å². The molecule has 124 valence electrons. The first-order valence-corrected chi connectivity index (χ1v) is 10.2. The number of fused-ring (bicyclic) bond motifs is 1. The van der Waals surface area contributed by atoms with Crippen LogP contribution in [0.1, 0.15) is 25.7 Å². The summed E-state index contributed by atoms with van der Waals surface area (Å²) in [4.78, 5) is 16.7. The van der Waals surface area contributed by atoms with Crippen molar-refractivity contribution in [1.29, 1.82) is 0 Å². The monoisotopic (exact) mass is 334 g/mol. The predicted octanol–water partition coefficient (Wildman–Crippen LogP) is 1.44. The zero-order valence-electron chi connectivity index (χ0n) is 13.1. The zero-order chi connectivity index (χ0) is 16.0. The number of nitrogens with zero attached hydrogens (tertiary/aromatic N) is 2. The Morgan fingerprint density at radius 2 is 1.61 bits per heavy atom. The zero-order valence-corrected chi connectivity index (χ0v) is 13.9. The van der Waals surface area contributed by atoms with Crippen molar-refractivity contribution < 1.29 is 13.2 Å². The van der Waals surface area contributed by atoms with Gasteiger partial charge in [-0.15, -0.1) is 0 Å². The molecule has 0 bridgehead atoms. The number of amides is 1. The lowest BCUT2D eigenvalue weighted by Gasteiger charge is -2.45. The molecule has 1 saturated carbocycles. The minimum Gasteiger partial charge on any atom is -0.306 e. The summed E-state index contributed by atoms with van der Waals surface area (Å²) in [5.41, 5.74) is 0.815. The van der Waals surface area contributed by atoms with Crippen LogP contribution >= 0.6 is 0 Å². The summed E-state index contributed by atoms with van der Waals surface area (Å²) in [5.74, 6) is 0.299. The Balaban J connectivity index is 1.70. The quantitative estimate of drug-likeness (QED) is 0.821. The number of para-hydroxylation sites is 1. The number of piperazine rings is 1. The van der Waals surface area contributed by atoms with Crippen molar-refractivity contribution in [3.8, 4) is 0 Å². The number of hydrogen-bond donors (Lipinski definition) is 0. The topological polar surface area (TPSA) is 57.7 Å². The number of anilines is 1. The molecule has 4 rings (SSSR count). The molecule has 5 nitrogen and oxygen atoms in total. The number of carbonyl (C=O) groups excluding carboxylic acids is 1. The van der Waals surface area contributed by atoms with Crippen LogP contribution in [0.2, 0.25) is 0 Å². The first-order valence-electron chi connectivity index (χ1n) is 8.38. The largest absolute Gasteiger partial charge is 0.306 e. The molecule has 0 aromatic heterocycles. The standard InChI is InChI=1S/C17H22N2O3S/c20-17-10-18(13-6-4-5-7-13)15-11-23(21,22)12-16(15)19(17)14-8-2-1-3-9-14/h1-3,8-9,13,15-16H,4-7,10-12H2/t15-,16+/m0/s1. The van der Waals surface area contributed by atoms with Crippen molar-refractivity contribution in [2.45, 2.75) is 43.8 Å². The minimum absolute atomic E-state index is 0.0291. The molecular weight excluding hydrogens is 312 g/mol. The van der Waals surface area contributed by atoms with Crippen LogP contribution in [-0.4, -0.2) is 55.4 Å². The third-order valence-corrected chi connectivity index (χ3v) is 7.16. The summed E-state index contributed by atoms with van der Waals surface area (Å²) < 4.78 is 24.6. The number of benzene rings is 1. The van der Waals surface area contributed by atoms with Crippen LogP contribution in [0.3, 0.4) is 0 Å². The highest BCUT2D eigenvalue weighted by molar-refractivity contribution is 7.91. The van der Waals surface area contributed by atoms with E-state index >= 15 is 0 Å². The van der Waals surface area contributed by atoms with E-state index in [9.17, 15) is 13.2 Å². The molecule has 1 aliphatic carbocycles. The lowest BCUT2D eigenvalue weighted by atomic mass is 10.00. The second-order valence-corrected chi connectivity index (χ2v) is 9.08. The second-order valence-electron chi connectivity index (χ2n) is 6.92. The van der Waals surface area contributed by atoms with Gasteiger partial charge in [-0.05, 0) is 25.0 Å². The van der Waals surface area contributed by atoms with Gasteiger partial charge in [-0.1, -0.05) is 31.0 Å². The highest BCUT2D eigenvalue weighted by Crippen LogP contribution is 2.35. The number of carbonyl (C=O) groups is 1. The van der Waals surface area contributed by atoms with Gasteiger partial charge in [0.15, 0.2) is 9.84 Å². The van der Waals surface area contributed by atoms with Crippen molar-refractivity contribution in [3.05, 3.63) is 30.3 Å². The van der Waals surface area contributed by atoms with Crippen molar-refractivity contribution in [1.82, 2.24) is 4.90 Å². The summed E-state index contributed by atoms with van der Waals surface area (Å²) in [7, 11) is -3.09.